The molecule has 2 amide bonds. The van der Waals surface area contributed by atoms with E-state index in [1.807, 2.05) is 30.3 Å². The summed E-state index contributed by atoms with van der Waals surface area (Å²) in [4.78, 5) is 36.1. The Morgan fingerprint density at radius 2 is 1.80 bits per heavy atom. The molecule has 3 fully saturated rings. The van der Waals surface area contributed by atoms with Crippen LogP contribution >= 0.6 is 0 Å². The Morgan fingerprint density at radius 1 is 1.09 bits per heavy atom. The van der Waals surface area contributed by atoms with Crippen molar-refractivity contribution in [2.75, 3.05) is 33.4 Å². The van der Waals surface area contributed by atoms with Gasteiger partial charge < -0.3 is 34.4 Å². The molecule has 4 N–H and O–H groups in total. The summed E-state index contributed by atoms with van der Waals surface area (Å²) in [6, 6.07) is 9.29. The van der Waals surface area contributed by atoms with E-state index in [0.29, 0.717) is 32.5 Å². The highest BCUT2D eigenvalue weighted by molar-refractivity contribution is 5.77. The molecule has 7 atom stereocenters. The number of hydrogen-bond donors (Lipinski definition) is 4. The molecule has 1 aromatic rings. The van der Waals surface area contributed by atoms with Crippen LogP contribution in [0.4, 0.5) is 4.79 Å². The Bertz CT molecular complexity index is 1140. The van der Waals surface area contributed by atoms with Crippen LogP contribution in [0.25, 0.3) is 0 Å². The lowest BCUT2D eigenvalue weighted by atomic mass is 9.68. The van der Waals surface area contributed by atoms with E-state index in [0.717, 1.165) is 50.4 Å². The first-order valence-corrected chi connectivity index (χ1v) is 16.4. The number of hydrazine groups is 1. The number of unbranched alkanes of at least 4 members (excludes halogenated alkanes) is 3. The van der Waals surface area contributed by atoms with Crippen molar-refractivity contribution in [1.29, 1.82) is 0 Å². The van der Waals surface area contributed by atoms with E-state index in [1.165, 1.54) is 5.57 Å². The zero-order chi connectivity index (χ0) is 32.3. The van der Waals surface area contributed by atoms with Crippen molar-refractivity contribution < 1.29 is 33.3 Å². The summed E-state index contributed by atoms with van der Waals surface area (Å²) in [7, 11) is 1.68. The molecule has 1 spiro atoms. The maximum absolute atomic E-state index is 12.7. The van der Waals surface area contributed by atoms with E-state index >= 15 is 0 Å². The van der Waals surface area contributed by atoms with Crippen LogP contribution in [0.2, 0.25) is 0 Å². The van der Waals surface area contributed by atoms with Gasteiger partial charge in [-0.2, -0.15) is 0 Å². The van der Waals surface area contributed by atoms with Gasteiger partial charge in [0.1, 0.15) is 29.7 Å². The molecular weight excluding hydrogens is 576 g/mol. The van der Waals surface area contributed by atoms with Gasteiger partial charge in [-0.05, 0) is 64.9 Å². The molecule has 2 heterocycles. The topological polar surface area (TPSA) is 143 Å². The molecule has 2 aliphatic heterocycles. The number of aldehydes is 1. The Kier molecular flexibility index (Phi) is 13.0. The molecule has 1 aliphatic carbocycles. The number of carbonyl (C=O) groups is 3. The number of methoxy groups -OCH3 is 1. The number of ether oxygens (including phenoxy) is 4. The van der Waals surface area contributed by atoms with Gasteiger partial charge in [-0.25, -0.2) is 15.6 Å². The molecule has 1 aromatic carbocycles. The van der Waals surface area contributed by atoms with Gasteiger partial charge in [-0.3, -0.25) is 4.79 Å². The van der Waals surface area contributed by atoms with Crippen LogP contribution in [0, 0.1) is 5.92 Å². The smallest absolute Gasteiger partial charge is 0.407 e. The van der Waals surface area contributed by atoms with Crippen molar-refractivity contribution in [3.63, 3.8) is 0 Å². The molecule has 0 aromatic heterocycles. The molecule has 250 valence electrons. The average molecular weight is 629 g/mol. The Morgan fingerprint density at radius 3 is 2.44 bits per heavy atom. The Hall–Kier alpha value is -2.83. The van der Waals surface area contributed by atoms with E-state index in [-0.39, 0.29) is 47.9 Å². The second-order valence-electron chi connectivity index (χ2n) is 12.9. The van der Waals surface area contributed by atoms with Crippen molar-refractivity contribution in [2.24, 2.45) is 5.92 Å². The highest BCUT2D eigenvalue weighted by atomic mass is 16.6. The van der Waals surface area contributed by atoms with Gasteiger partial charge in [-0.15, -0.1) is 0 Å². The molecular formula is C34H52N4O7. The van der Waals surface area contributed by atoms with Gasteiger partial charge in [-0.1, -0.05) is 54.8 Å². The van der Waals surface area contributed by atoms with Crippen LogP contribution in [0.1, 0.15) is 71.3 Å². The number of hydrogen-bond acceptors (Lipinski definition) is 9. The van der Waals surface area contributed by atoms with Crippen molar-refractivity contribution >= 4 is 18.3 Å². The summed E-state index contributed by atoms with van der Waals surface area (Å²) >= 11 is 0. The maximum atomic E-state index is 12.7. The summed E-state index contributed by atoms with van der Waals surface area (Å²) < 4.78 is 24.1. The standard InChI is InChI=1S/C34H52N4O7/c1-24(2)14-15-28-33(3,45-28)31-30(42-4)27(16-17-34(31)23-43-34)44-32(41)36-19-11-6-5-10-18-35-29(40)21-37-38-26(22-39)20-25-12-8-7-9-13-25/h7-9,12-14,22,26-28,30-31,37-38H,5-6,10-11,15-21,23H2,1-4H3,(H,35,40)(H,36,41)/t26-,27?,28+,30?,31?,33?,34-/m0/s1. The number of allylic oxidation sites excluding steroid dienone is 1. The first-order valence-electron chi connectivity index (χ1n) is 16.4. The molecule has 0 bridgehead atoms. The fourth-order valence-corrected chi connectivity index (χ4v) is 6.60. The fraction of sp³-hybridized carbons (Fsp3) is 0.676. The number of nitrogens with one attached hydrogen (secondary N) is 4. The Balaban J connectivity index is 1.05. The molecule has 4 rings (SSSR count). The first kappa shape index (κ1) is 35.0. The largest absolute Gasteiger partial charge is 0.443 e. The highest BCUT2D eigenvalue weighted by Gasteiger charge is 2.72. The monoisotopic (exact) mass is 628 g/mol. The number of rotatable bonds is 19. The van der Waals surface area contributed by atoms with Crippen LogP contribution < -0.4 is 21.5 Å². The van der Waals surface area contributed by atoms with Crippen LogP contribution in [-0.2, 0) is 35.0 Å². The molecule has 11 nitrogen and oxygen atoms in total. The lowest BCUT2D eigenvalue weighted by molar-refractivity contribution is -0.120. The van der Waals surface area contributed by atoms with Gasteiger partial charge >= 0.3 is 6.09 Å². The minimum absolute atomic E-state index is 0.00227. The number of carbonyl (C=O) groups excluding carboxylic acids is 3. The summed E-state index contributed by atoms with van der Waals surface area (Å²) in [5.41, 5.74) is 7.43. The minimum atomic E-state index is -0.426. The molecule has 3 aliphatic rings. The van der Waals surface area contributed by atoms with Gasteiger partial charge in [0, 0.05) is 20.2 Å². The van der Waals surface area contributed by atoms with Crippen molar-refractivity contribution in [3.05, 3.63) is 47.5 Å². The number of epoxide rings is 2. The van der Waals surface area contributed by atoms with Crippen LogP contribution in [0.15, 0.2) is 42.0 Å². The average Bonchev–Trinajstić information content (AvgIpc) is 3.94. The van der Waals surface area contributed by atoms with E-state index in [2.05, 4.69) is 48.3 Å². The third-order valence-electron chi connectivity index (χ3n) is 9.19. The normalized spacial score (nSPS) is 29.0. The number of benzene rings is 1. The summed E-state index contributed by atoms with van der Waals surface area (Å²) in [6.07, 6.45) is 8.49. The predicted octanol–water partition coefficient (Wildman–Crippen LogP) is 3.37. The van der Waals surface area contributed by atoms with Gasteiger partial charge in [0.05, 0.1) is 31.2 Å². The summed E-state index contributed by atoms with van der Waals surface area (Å²) in [5, 5.41) is 5.77. The van der Waals surface area contributed by atoms with Crippen LogP contribution in [-0.4, -0.2) is 87.2 Å². The van der Waals surface area contributed by atoms with Crippen LogP contribution in [0.5, 0.6) is 0 Å². The summed E-state index contributed by atoms with van der Waals surface area (Å²) in [5.74, 6) is -0.141. The zero-order valence-electron chi connectivity index (χ0n) is 27.3. The molecule has 45 heavy (non-hydrogen) atoms. The second-order valence-corrected chi connectivity index (χ2v) is 12.9. The fourth-order valence-electron chi connectivity index (χ4n) is 6.60. The van der Waals surface area contributed by atoms with E-state index in [1.54, 1.807) is 7.11 Å². The first-order chi connectivity index (χ1) is 21.7. The zero-order valence-corrected chi connectivity index (χ0v) is 27.3. The second kappa shape index (κ2) is 16.6. The van der Waals surface area contributed by atoms with E-state index in [9.17, 15) is 14.4 Å². The van der Waals surface area contributed by atoms with Crippen molar-refractivity contribution in [2.45, 2.75) is 108 Å². The van der Waals surface area contributed by atoms with E-state index in [4.69, 9.17) is 18.9 Å². The maximum Gasteiger partial charge on any atom is 0.407 e. The quantitative estimate of drug-likeness (QED) is 0.0596. The number of alkyl carbamates (subject to hydrolysis) is 1. The van der Waals surface area contributed by atoms with Crippen molar-refractivity contribution in [1.82, 2.24) is 21.5 Å². The van der Waals surface area contributed by atoms with Gasteiger partial charge in [0.2, 0.25) is 5.91 Å². The lowest BCUT2D eigenvalue weighted by Crippen LogP contribution is -2.56. The van der Waals surface area contributed by atoms with E-state index < -0.39 is 12.1 Å². The number of amides is 2. The summed E-state index contributed by atoms with van der Waals surface area (Å²) in [6.45, 7) is 8.18. The molecule has 2 saturated heterocycles. The molecule has 0 radical (unpaired) electrons. The SMILES string of the molecule is COC1C(OC(=O)NCCCCCCNC(=O)CNN[C@H](C=O)Cc2ccccc2)CC[C@]2(CO2)C1C1(C)O[C@@H]1CC=C(C)C. The van der Waals surface area contributed by atoms with Crippen molar-refractivity contribution in [3.8, 4) is 0 Å². The highest BCUT2D eigenvalue weighted by Crippen LogP contribution is 2.59. The third-order valence-corrected chi connectivity index (χ3v) is 9.19. The predicted molar refractivity (Wildman–Crippen MR) is 170 cm³/mol. The molecule has 1 saturated carbocycles. The van der Waals surface area contributed by atoms with Gasteiger partial charge in [0.25, 0.3) is 0 Å². The molecule has 11 heteroatoms. The van der Waals surface area contributed by atoms with Gasteiger partial charge in [0.15, 0.2) is 0 Å². The molecule has 4 unspecified atom stereocenters. The van der Waals surface area contributed by atoms with Crippen LogP contribution in [0.3, 0.4) is 0 Å². The third kappa shape index (κ3) is 10.1. The lowest BCUT2D eigenvalue weighted by Gasteiger charge is -2.42. The minimum Gasteiger partial charge on any atom is -0.443 e. The Labute approximate surface area is 267 Å².